The summed E-state index contributed by atoms with van der Waals surface area (Å²) in [6.45, 7) is 1.69. The van der Waals surface area contributed by atoms with E-state index in [9.17, 15) is 9.18 Å². The number of aromatic nitrogens is 1. The van der Waals surface area contributed by atoms with E-state index < -0.39 is 11.9 Å². The highest BCUT2D eigenvalue weighted by Gasteiger charge is 2.14. The Hall–Kier alpha value is -2.76. The molecule has 2 aromatic rings. The molecule has 1 heterocycles. The number of ether oxygens (including phenoxy) is 1. The van der Waals surface area contributed by atoms with Crippen molar-refractivity contribution < 1.29 is 13.9 Å². The van der Waals surface area contributed by atoms with Crippen molar-refractivity contribution in [2.24, 2.45) is 0 Å². The Morgan fingerprint density at radius 2 is 2.24 bits per heavy atom. The topological polar surface area (TPSA) is 89.1 Å². The molecule has 0 aliphatic rings. The molecule has 0 fully saturated rings. The van der Waals surface area contributed by atoms with Gasteiger partial charge in [0.2, 0.25) is 0 Å². The van der Waals surface area contributed by atoms with Crippen LogP contribution in [0.25, 0.3) is 0 Å². The maximum Gasteiger partial charge on any atom is 0.168 e. The van der Waals surface area contributed by atoms with Crippen LogP contribution >= 0.6 is 0 Å². The zero-order valence-electron chi connectivity index (χ0n) is 11.3. The minimum absolute atomic E-state index is 0.235. The lowest BCUT2D eigenvalue weighted by Crippen LogP contribution is -2.08. The maximum atomic E-state index is 13.6. The molecule has 0 saturated heterocycles. The molecule has 1 unspecified atom stereocenters. The number of hydrogen-bond donors (Lipinski definition) is 2. The molecule has 0 bridgehead atoms. The number of nitrogens with one attached hydrogen (secondary N) is 1. The van der Waals surface area contributed by atoms with Gasteiger partial charge in [-0.3, -0.25) is 15.2 Å². The minimum Gasteiger partial charge on any atom is -0.486 e. The van der Waals surface area contributed by atoms with Crippen LogP contribution in [-0.2, 0) is 4.79 Å². The molecule has 0 saturated carbocycles. The third kappa shape index (κ3) is 3.22. The maximum absolute atomic E-state index is 13.6. The van der Waals surface area contributed by atoms with E-state index in [4.69, 9.17) is 15.9 Å². The monoisotopic (exact) mass is 287 g/mol. The van der Waals surface area contributed by atoms with Crippen LogP contribution in [0.4, 0.5) is 10.1 Å². The Morgan fingerprint density at radius 3 is 2.90 bits per heavy atom. The van der Waals surface area contributed by atoms with Crippen LogP contribution in [0, 0.1) is 11.2 Å². The van der Waals surface area contributed by atoms with Crippen LogP contribution in [-0.4, -0.2) is 17.0 Å². The molecule has 21 heavy (non-hydrogen) atoms. The molecule has 1 aromatic carbocycles. The summed E-state index contributed by atoms with van der Waals surface area (Å²) in [6.07, 6.45) is 2.46. The molecule has 1 aromatic heterocycles. The second kappa shape index (κ2) is 6.13. The zero-order chi connectivity index (χ0) is 15.4. The van der Waals surface area contributed by atoms with Gasteiger partial charge < -0.3 is 10.5 Å². The summed E-state index contributed by atoms with van der Waals surface area (Å²) >= 11 is 0. The number of anilines is 1. The van der Waals surface area contributed by atoms with E-state index in [1.165, 1.54) is 18.3 Å². The molecule has 0 radical (unpaired) electrons. The number of nitrogens with zero attached hydrogens (tertiary/aromatic N) is 1. The first-order valence-electron chi connectivity index (χ1n) is 6.22. The second-order valence-electron chi connectivity index (χ2n) is 4.44. The standard InChI is InChI=1S/C15H14FN3O2/c1-9(11-4-5-19-7-13(11)16)21-10-2-3-14(17)12(6-10)15(18)8-20/h2-9,18H,17H2,1H3. The number of halogens is 1. The number of nitrogens with two attached hydrogens (primary N) is 1. The molecule has 3 N–H and O–H groups in total. The highest BCUT2D eigenvalue weighted by atomic mass is 19.1. The molecular formula is C15H14FN3O2. The normalized spacial score (nSPS) is 11.7. The molecule has 0 aliphatic heterocycles. The summed E-state index contributed by atoms with van der Waals surface area (Å²) in [5.74, 6) is -0.0594. The van der Waals surface area contributed by atoms with Crippen LogP contribution < -0.4 is 10.5 Å². The number of rotatable bonds is 5. The fourth-order valence-corrected chi connectivity index (χ4v) is 1.89. The Labute approximate surface area is 121 Å². The van der Waals surface area contributed by atoms with Crippen molar-refractivity contribution in [1.82, 2.24) is 4.98 Å². The van der Waals surface area contributed by atoms with Crippen molar-refractivity contribution >= 4 is 17.7 Å². The Balaban J connectivity index is 2.26. The van der Waals surface area contributed by atoms with Crippen molar-refractivity contribution in [3.63, 3.8) is 0 Å². The van der Waals surface area contributed by atoms with Gasteiger partial charge in [0.25, 0.3) is 0 Å². The quantitative estimate of drug-likeness (QED) is 0.502. The van der Waals surface area contributed by atoms with Gasteiger partial charge in [-0.2, -0.15) is 0 Å². The fraction of sp³-hybridized carbons (Fsp3) is 0.133. The van der Waals surface area contributed by atoms with Gasteiger partial charge in [-0.1, -0.05) is 0 Å². The summed E-state index contributed by atoms with van der Waals surface area (Å²) in [5, 5.41) is 7.52. The van der Waals surface area contributed by atoms with Crippen LogP contribution in [0.3, 0.4) is 0 Å². The summed E-state index contributed by atoms with van der Waals surface area (Å²) in [5.41, 5.74) is 6.43. The van der Waals surface area contributed by atoms with Gasteiger partial charge in [0.1, 0.15) is 23.4 Å². The number of benzene rings is 1. The van der Waals surface area contributed by atoms with E-state index in [0.717, 1.165) is 6.20 Å². The SMILES string of the molecule is CC(Oc1ccc(N)c(C(=N)C=O)c1)c1ccncc1F. The minimum atomic E-state index is -0.546. The molecule has 0 spiro atoms. The summed E-state index contributed by atoms with van der Waals surface area (Å²) in [4.78, 5) is 14.4. The molecule has 5 nitrogen and oxygen atoms in total. The summed E-state index contributed by atoms with van der Waals surface area (Å²) < 4.78 is 19.3. The first-order chi connectivity index (χ1) is 10.0. The Kier molecular flexibility index (Phi) is 4.27. The second-order valence-corrected chi connectivity index (χ2v) is 4.44. The summed E-state index contributed by atoms with van der Waals surface area (Å²) in [7, 11) is 0. The van der Waals surface area contributed by atoms with E-state index in [0.29, 0.717) is 23.3 Å². The molecule has 0 aliphatic carbocycles. The van der Waals surface area contributed by atoms with Crippen LogP contribution in [0.15, 0.2) is 36.7 Å². The zero-order valence-corrected chi connectivity index (χ0v) is 11.3. The van der Waals surface area contributed by atoms with Crippen LogP contribution in [0.5, 0.6) is 5.75 Å². The number of hydrogen-bond acceptors (Lipinski definition) is 5. The number of pyridine rings is 1. The van der Waals surface area contributed by atoms with Crippen molar-refractivity contribution in [3.05, 3.63) is 53.6 Å². The Morgan fingerprint density at radius 1 is 1.48 bits per heavy atom. The third-order valence-electron chi connectivity index (χ3n) is 2.99. The smallest absolute Gasteiger partial charge is 0.168 e. The first-order valence-corrected chi connectivity index (χ1v) is 6.22. The number of nitrogen functional groups attached to an aromatic ring is 1. The Bertz CT molecular complexity index is 688. The number of aldehydes is 1. The lowest BCUT2D eigenvalue weighted by Gasteiger charge is -2.16. The predicted octanol–water partition coefficient (Wildman–Crippen LogP) is 2.51. The van der Waals surface area contributed by atoms with Gasteiger partial charge in [0.15, 0.2) is 6.29 Å². The average molecular weight is 287 g/mol. The van der Waals surface area contributed by atoms with Crippen molar-refractivity contribution in [1.29, 1.82) is 5.41 Å². The highest BCUT2D eigenvalue weighted by Crippen LogP contribution is 2.26. The van der Waals surface area contributed by atoms with Gasteiger partial charge in [-0.05, 0) is 31.2 Å². The third-order valence-corrected chi connectivity index (χ3v) is 2.99. The van der Waals surface area contributed by atoms with E-state index in [-0.39, 0.29) is 11.3 Å². The molecule has 0 amide bonds. The van der Waals surface area contributed by atoms with E-state index in [1.807, 2.05) is 0 Å². The highest BCUT2D eigenvalue weighted by molar-refractivity contribution is 6.36. The fourth-order valence-electron chi connectivity index (χ4n) is 1.89. The predicted molar refractivity (Wildman–Crippen MR) is 77.0 cm³/mol. The van der Waals surface area contributed by atoms with E-state index in [1.54, 1.807) is 19.1 Å². The van der Waals surface area contributed by atoms with Crippen molar-refractivity contribution in [3.8, 4) is 5.75 Å². The lowest BCUT2D eigenvalue weighted by atomic mass is 10.1. The van der Waals surface area contributed by atoms with Gasteiger partial charge in [-0.25, -0.2) is 4.39 Å². The van der Waals surface area contributed by atoms with Crippen LogP contribution in [0.2, 0.25) is 0 Å². The molecular weight excluding hydrogens is 273 g/mol. The molecule has 108 valence electrons. The van der Waals surface area contributed by atoms with Crippen molar-refractivity contribution in [2.45, 2.75) is 13.0 Å². The van der Waals surface area contributed by atoms with Gasteiger partial charge in [0, 0.05) is 23.0 Å². The number of carbonyl (C=O) groups excluding carboxylic acids is 1. The van der Waals surface area contributed by atoms with E-state index in [2.05, 4.69) is 4.98 Å². The number of carbonyl (C=O) groups is 1. The van der Waals surface area contributed by atoms with Gasteiger partial charge in [0.05, 0.1) is 6.20 Å². The average Bonchev–Trinajstić information content (AvgIpc) is 2.48. The summed E-state index contributed by atoms with van der Waals surface area (Å²) in [6, 6.07) is 6.16. The lowest BCUT2D eigenvalue weighted by molar-refractivity contribution is -0.102. The largest absolute Gasteiger partial charge is 0.486 e. The molecule has 2 rings (SSSR count). The molecule has 1 atom stereocenters. The van der Waals surface area contributed by atoms with Crippen LogP contribution in [0.1, 0.15) is 24.2 Å². The molecule has 6 heteroatoms. The first kappa shape index (κ1) is 14.6. The van der Waals surface area contributed by atoms with Crippen molar-refractivity contribution in [2.75, 3.05) is 5.73 Å². The van der Waals surface area contributed by atoms with Gasteiger partial charge >= 0.3 is 0 Å². The van der Waals surface area contributed by atoms with E-state index >= 15 is 0 Å². The van der Waals surface area contributed by atoms with Gasteiger partial charge in [-0.15, -0.1) is 0 Å².